The molecule has 0 heterocycles. The second kappa shape index (κ2) is 16.8. The third-order valence-electron chi connectivity index (χ3n) is 2.22. The number of methoxy groups -OCH3 is 1. The van der Waals surface area contributed by atoms with Crippen molar-refractivity contribution in [1.82, 2.24) is 5.32 Å². The summed E-state index contributed by atoms with van der Waals surface area (Å²) in [7, 11) is 1.67. The van der Waals surface area contributed by atoms with Crippen molar-refractivity contribution in [3.8, 4) is 0 Å². The predicted molar refractivity (Wildman–Crippen MR) is 72.1 cm³/mol. The highest BCUT2D eigenvalue weighted by Crippen LogP contribution is 1.84. The van der Waals surface area contributed by atoms with Gasteiger partial charge in [0.2, 0.25) is 0 Å². The lowest BCUT2D eigenvalue weighted by Gasteiger charge is -2.07. The largest absolute Gasteiger partial charge is 0.382 e. The first kappa shape index (κ1) is 17.8. The van der Waals surface area contributed by atoms with Crippen molar-refractivity contribution < 1.29 is 18.9 Å². The van der Waals surface area contributed by atoms with Gasteiger partial charge in [-0.3, -0.25) is 0 Å². The molecule has 5 nitrogen and oxygen atoms in total. The number of nitrogens with one attached hydrogen (secondary N) is 1. The molecular formula is C13H29NO4. The lowest BCUT2D eigenvalue weighted by molar-refractivity contribution is 0.0255. The quantitative estimate of drug-likeness (QED) is 0.448. The minimum Gasteiger partial charge on any atom is -0.382 e. The van der Waals surface area contributed by atoms with Crippen molar-refractivity contribution in [2.45, 2.75) is 19.8 Å². The van der Waals surface area contributed by atoms with E-state index in [2.05, 4.69) is 12.2 Å². The Labute approximate surface area is 111 Å². The maximum Gasteiger partial charge on any atom is 0.0701 e. The summed E-state index contributed by atoms with van der Waals surface area (Å²) >= 11 is 0. The molecule has 0 saturated carbocycles. The van der Waals surface area contributed by atoms with E-state index in [9.17, 15) is 0 Å². The average molecular weight is 263 g/mol. The third kappa shape index (κ3) is 15.8. The van der Waals surface area contributed by atoms with Crippen LogP contribution in [0.15, 0.2) is 0 Å². The van der Waals surface area contributed by atoms with Crippen LogP contribution in [0.4, 0.5) is 0 Å². The van der Waals surface area contributed by atoms with Crippen LogP contribution in [0, 0.1) is 0 Å². The van der Waals surface area contributed by atoms with Crippen LogP contribution in [-0.2, 0) is 18.9 Å². The second-order valence-corrected chi connectivity index (χ2v) is 3.93. The third-order valence-corrected chi connectivity index (χ3v) is 2.22. The smallest absolute Gasteiger partial charge is 0.0701 e. The Morgan fingerprint density at radius 3 is 2.11 bits per heavy atom. The normalized spacial score (nSPS) is 11.0. The zero-order chi connectivity index (χ0) is 13.3. The Hall–Kier alpha value is -0.200. The van der Waals surface area contributed by atoms with Gasteiger partial charge in [0.05, 0.1) is 33.0 Å². The summed E-state index contributed by atoms with van der Waals surface area (Å²) in [6, 6.07) is 0. The molecule has 0 aromatic heterocycles. The number of rotatable bonds is 15. The van der Waals surface area contributed by atoms with Gasteiger partial charge in [0, 0.05) is 26.9 Å². The highest BCUT2D eigenvalue weighted by atomic mass is 16.5. The fraction of sp³-hybridized carbons (Fsp3) is 1.00. The van der Waals surface area contributed by atoms with E-state index < -0.39 is 0 Å². The summed E-state index contributed by atoms with van der Waals surface area (Å²) in [5.41, 5.74) is 0. The van der Waals surface area contributed by atoms with Crippen LogP contribution < -0.4 is 5.32 Å². The van der Waals surface area contributed by atoms with E-state index in [1.165, 1.54) is 0 Å². The summed E-state index contributed by atoms with van der Waals surface area (Å²) in [5.74, 6) is 0. The average Bonchev–Trinajstić information content (AvgIpc) is 2.39. The Morgan fingerprint density at radius 2 is 1.39 bits per heavy atom. The summed E-state index contributed by atoms with van der Waals surface area (Å²) in [5, 5.41) is 3.31. The van der Waals surface area contributed by atoms with Gasteiger partial charge in [0.15, 0.2) is 0 Å². The first-order valence-electron chi connectivity index (χ1n) is 6.84. The first-order chi connectivity index (χ1) is 8.91. The Bertz CT molecular complexity index is 131. The fourth-order valence-corrected chi connectivity index (χ4v) is 1.28. The van der Waals surface area contributed by atoms with Crippen molar-refractivity contribution in [3.63, 3.8) is 0 Å². The second-order valence-electron chi connectivity index (χ2n) is 3.93. The molecule has 0 aliphatic heterocycles. The highest BCUT2D eigenvalue weighted by molar-refractivity contribution is 4.46. The maximum atomic E-state index is 5.40. The number of hydrogen-bond acceptors (Lipinski definition) is 5. The molecule has 5 heteroatoms. The molecule has 0 aliphatic carbocycles. The molecule has 0 aromatic rings. The number of hydrogen-bond donors (Lipinski definition) is 1. The molecule has 1 N–H and O–H groups in total. The van der Waals surface area contributed by atoms with E-state index in [1.807, 2.05) is 0 Å². The van der Waals surface area contributed by atoms with E-state index in [4.69, 9.17) is 18.9 Å². The van der Waals surface area contributed by atoms with Crippen LogP contribution in [-0.4, -0.2) is 66.4 Å². The van der Waals surface area contributed by atoms with Crippen LogP contribution in [0.5, 0.6) is 0 Å². The molecule has 0 saturated heterocycles. The van der Waals surface area contributed by atoms with Crippen molar-refractivity contribution >= 4 is 0 Å². The van der Waals surface area contributed by atoms with E-state index in [0.29, 0.717) is 26.4 Å². The van der Waals surface area contributed by atoms with Gasteiger partial charge in [-0.1, -0.05) is 6.92 Å². The zero-order valence-corrected chi connectivity index (χ0v) is 11.9. The fourth-order valence-electron chi connectivity index (χ4n) is 1.28. The molecule has 0 aromatic carbocycles. The molecule has 0 radical (unpaired) electrons. The lowest BCUT2D eigenvalue weighted by Crippen LogP contribution is -2.22. The molecule has 0 fully saturated rings. The predicted octanol–water partition coefficient (Wildman–Crippen LogP) is 1.07. The van der Waals surface area contributed by atoms with E-state index in [1.54, 1.807) is 7.11 Å². The van der Waals surface area contributed by atoms with Crippen LogP contribution >= 0.6 is 0 Å². The Morgan fingerprint density at radius 1 is 0.722 bits per heavy atom. The van der Waals surface area contributed by atoms with Gasteiger partial charge in [-0.2, -0.15) is 0 Å². The monoisotopic (exact) mass is 263 g/mol. The molecule has 0 aliphatic rings. The Kier molecular flexibility index (Phi) is 16.6. The SMILES string of the molecule is CCCOCCCNCCOCCOCCOC. The first-order valence-corrected chi connectivity index (χ1v) is 6.84. The lowest BCUT2D eigenvalue weighted by atomic mass is 10.4. The molecule has 0 bridgehead atoms. The summed E-state index contributed by atoms with van der Waals surface area (Å²) in [6.07, 6.45) is 2.15. The van der Waals surface area contributed by atoms with E-state index >= 15 is 0 Å². The summed E-state index contributed by atoms with van der Waals surface area (Å²) < 4.78 is 20.9. The van der Waals surface area contributed by atoms with Crippen LogP contribution in [0.25, 0.3) is 0 Å². The van der Waals surface area contributed by atoms with Crippen LogP contribution in [0.3, 0.4) is 0 Å². The van der Waals surface area contributed by atoms with Crippen molar-refractivity contribution in [3.05, 3.63) is 0 Å². The molecule has 0 unspecified atom stereocenters. The molecule has 0 rings (SSSR count). The summed E-state index contributed by atoms with van der Waals surface area (Å²) in [4.78, 5) is 0. The standard InChI is InChI=1S/C13H29NO4/c1-3-7-16-8-4-5-14-6-9-17-12-13-18-11-10-15-2/h14H,3-13H2,1-2H3. The number of ether oxygens (including phenoxy) is 4. The van der Waals surface area contributed by atoms with Crippen molar-refractivity contribution in [2.24, 2.45) is 0 Å². The molecule has 110 valence electrons. The van der Waals surface area contributed by atoms with Crippen LogP contribution in [0.1, 0.15) is 19.8 Å². The van der Waals surface area contributed by atoms with Gasteiger partial charge in [-0.25, -0.2) is 0 Å². The van der Waals surface area contributed by atoms with Gasteiger partial charge in [-0.15, -0.1) is 0 Å². The van der Waals surface area contributed by atoms with Gasteiger partial charge < -0.3 is 24.3 Å². The topological polar surface area (TPSA) is 49.0 Å². The molecule has 0 amide bonds. The van der Waals surface area contributed by atoms with Gasteiger partial charge in [-0.05, 0) is 19.4 Å². The molecule has 18 heavy (non-hydrogen) atoms. The van der Waals surface area contributed by atoms with E-state index in [-0.39, 0.29) is 0 Å². The van der Waals surface area contributed by atoms with Crippen LogP contribution in [0.2, 0.25) is 0 Å². The van der Waals surface area contributed by atoms with Crippen molar-refractivity contribution in [1.29, 1.82) is 0 Å². The van der Waals surface area contributed by atoms with Gasteiger partial charge >= 0.3 is 0 Å². The molecular weight excluding hydrogens is 234 g/mol. The van der Waals surface area contributed by atoms with Crippen molar-refractivity contribution in [2.75, 3.05) is 66.4 Å². The molecule has 0 atom stereocenters. The van der Waals surface area contributed by atoms with E-state index in [0.717, 1.165) is 45.8 Å². The van der Waals surface area contributed by atoms with Gasteiger partial charge in [0.25, 0.3) is 0 Å². The summed E-state index contributed by atoms with van der Waals surface area (Å²) in [6.45, 7) is 8.97. The minimum atomic E-state index is 0.633. The maximum absolute atomic E-state index is 5.40. The Balaban J connectivity index is 2.86. The molecule has 0 spiro atoms. The zero-order valence-electron chi connectivity index (χ0n) is 11.9. The van der Waals surface area contributed by atoms with Gasteiger partial charge in [0.1, 0.15) is 0 Å². The highest BCUT2D eigenvalue weighted by Gasteiger charge is 1.91. The minimum absolute atomic E-state index is 0.633.